The third kappa shape index (κ3) is 1.04. The summed E-state index contributed by atoms with van der Waals surface area (Å²) in [6.07, 6.45) is 1.71. The van der Waals surface area contributed by atoms with Crippen molar-refractivity contribution >= 4 is 0 Å². The van der Waals surface area contributed by atoms with Crippen molar-refractivity contribution in [1.82, 2.24) is 4.98 Å². The van der Waals surface area contributed by atoms with Gasteiger partial charge in [0.2, 0.25) is 0 Å². The normalized spacial score (nSPS) is 9.12. The van der Waals surface area contributed by atoms with Crippen molar-refractivity contribution in [1.29, 1.82) is 0 Å². The van der Waals surface area contributed by atoms with Crippen molar-refractivity contribution in [2.45, 2.75) is 6.54 Å². The van der Waals surface area contributed by atoms with Crippen molar-refractivity contribution in [2.24, 2.45) is 5.73 Å². The third-order valence-corrected chi connectivity index (χ3v) is 0.856. The third-order valence-electron chi connectivity index (χ3n) is 0.856. The quantitative estimate of drug-likeness (QED) is 0.562. The number of hydrogen-bond donors (Lipinski definition) is 1. The van der Waals surface area contributed by atoms with E-state index in [4.69, 9.17) is 5.73 Å². The van der Waals surface area contributed by atoms with Crippen LogP contribution in [0.1, 0.15) is 5.69 Å². The summed E-state index contributed by atoms with van der Waals surface area (Å²) in [4.78, 5) is 3.92. The zero-order chi connectivity index (χ0) is 5.82. The van der Waals surface area contributed by atoms with Crippen LogP contribution >= 0.6 is 0 Å². The molecule has 0 fully saturated rings. The first kappa shape index (κ1) is 5.25. The summed E-state index contributed by atoms with van der Waals surface area (Å²) in [6.45, 7) is 0.473. The maximum Gasteiger partial charge on any atom is 0.0618 e. The lowest BCUT2D eigenvalue weighted by atomic mass is 10.4. The van der Waals surface area contributed by atoms with Gasteiger partial charge in [0, 0.05) is 18.8 Å². The molecule has 0 spiro atoms. The lowest BCUT2D eigenvalue weighted by Crippen LogP contribution is -1.97. The summed E-state index contributed by atoms with van der Waals surface area (Å²) >= 11 is 0. The second-order valence-electron chi connectivity index (χ2n) is 1.43. The topological polar surface area (TPSA) is 38.9 Å². The number of pyridine rings is 1. The molecule has 0 aliphatic heterocycles. The van der Waals surface area contributed by atoms with Crippen LogP contribution in [-0.4, -0.2) is 4.98 Å². The Kier molecular flexibility index (Phi) is 1.59. The summed E-state index contributed by atoms with van der Waals surface area (Å²) < 4.78 is 0. The smallest absolute Gasteiger partial charge is 0.0618 e. The van der Waals surface area contributed by atoms with Gasteiger partial charge in [-0.05, 0) is 6.07 Å². The Labute approximate surface area is 48.4 Å². The average Bonchev–Trinajstić information content (AvgIpc) is 1.90. The molecule has 2 nitrogen and oxygen atoms in total. The van der Waals surface area contributed by atoms with Gasteiger partial charge in [-0.15, -0.1) is 0 Å². The van der Waals surface area contributed by atoms with E-state index >= 15 is 0 Å². The van der Waals surface area contributed by atoms with Crippen LogP contribution < -0.4 is 5.73 Å². The van der Waals surface area contributed by atoms with Gasteiger partial charge in [0.15, 0.2) is 0 Å². The largest absolute Gasteiger partial charge is 0.325 e. The molecule has 1 radical (unpaired) electrons. The van der Waals surface area contributed by atoms with Crippen LogP contribution in [0.25, 0.3) is 0 Å². The fourth-order valence-electron chi connectivity index (χ4n) is 0.469. The van der Waals surface area contributed by atoms with E-state index in [0.717, 1.165) is 5.69 Å². The molecule has 2 heteroatoms. The summed E-state index contributed by atoms with van der Waals surface area (Å²) in [6, 6.07) is 6.50. The van der Waals surface area contributed by atoms with E-state index in [9.17, 15) is 0 Å². The van der Waals surface area contributed by atoms with Crippen LogP contribution in [0, 0.1) is 6.07 Å². The lowest BCUT2D eigenvalue weighted by Gasteiger charge is -1.88. The molecule has 0 bridgehead atoms. The first-order valence-corrected chi connectivity index (χ1v) is 2.45. The molecule has 1 heterocycles. The van der Waals surface area contributed by atoms with Crippen LogP contribution in [0.4, 0.5) is 0 Å². The van der Waals surface area contributed by atoms with E-state index in [1.54, 1.807) is 12.3 Å². The Bertz CT molecular complexity index is 148. The van der Waals surface area contributed by atoms with Crippen LogP contribution in [-0.2, 0) is 6.54 Å². The predicted octanol–water partition coefficient (Wildman–Crippen LogP) is 0.340. The van der Waals surface area contributed by atoms with E-state index in [-0.39, 0.29) is 0 Å². The summed E-state index contributed by atoms with van der Waals surface area (Å²) in [7, 11) is 0. The summed E-state index contributed by atoms with van der Waals surface area (Å²) in [5, 5.41) is 0. The Morgan fingerprint density at radius 1 is 1.75 bits per heavy atom. The molecule has 0 unspecified atom stereocenters. The second-order valence-corrected chi connectivity index (χ2v) is 1.43. The van der Waals surface area contributed by atoms with Crippen LogP contribution in [0.3, 0.4) is 0 Å². The molecule has 1 aromatic rings. The van der Waals surface area contributed by atoms with Gasteiger partial charge < -0.3 is 5.73 Å². The van der Waals surface area contributed by atoms with Crippen molar-refractivity contribution in [3.8, 4) is 0 Å². The van der Waals surface area contributed by atoms with Gasteiger partial charge in [-0.2, -0.15) is 0 Å². The number of nitrogens with zero attached hydrogens (tertiary/aromatic N) is 1. The molecule has 41 valence electrons. The fourth-order valence-corrected chi connectivity index (χ4v) is 0.469. The van der Waals surface area contributed by atoms with Crippen LogP contribution in [0.2, 0.25) is 0 Å². The minimum absolute atomic E-state index is 0.473. The molecule has 1 rings (SSSR count). The Morgan fingerprint density at radius 2 is 2.62 bits per heavy atom. The van der Waals surface area contributed by atoms with Crippen LogP contribution in [0.5, 0.6) is 0 Å². The Morgan fingerprint density at radius 3 is 3.00 bits per heavy atom. The number of rotatable bonds is 1. The maximum atomic E-state index is 5.26. The van der Waals surface area contributed by atoms with Crippen molar-refractivity contribution in [3.63, 3.8) is 0 Å². The number of hydrogen-bond acceptors (Lipinski definition) is 2. The fraction of sp³-hybridized carbons (Fsp3) is 0.167. The molecule has 0 aliphatic rings. The number of nitrogens with two attached hydrogens (primary N) is 1. The molecule has 8 heavy (non-hydrogen) atoms. The highest BCUT2D eigenvalue weighted by Crippen LogP contribution is 1.86. The Hall–Kier alpha value is -0.890. The minimum Gasteiger partial charge on any atom is -0.325 e. The zero-order valence-electron chi connectivity index (χ0n) is 4.46. The zero-order valence-corrected chi connectivity index (χ0v) is 4.46. The molecule has 0 aliphatic carbocycles. The van der Waals surface area contributed by atoms with E-state index < -0.39 is 0 Å². The van der Waals surface area contributed by atoms with Gasteiger partial charge in [-0.3, -0.25) is 4.98 Å². The molecular weight excluding hydrogens is 100 g/mol. The highest BCUT2D eigenvalue weighted by molar-refractivity contribution is 4.99. The summed E-state index contributed by atoms with van der Waals surface area (Å²) in [5.74, 6) is 0. The molecule has 0 amide bonds. The number of aromatic nitrogens is 1. The van der Waals surface area contributed by atoms with Crippen LogP contribution in [0.15, 0.2) is 18.3 Å². The van der Waals surface area contributed by atoms with Crippen molar-refractivity contribution < 1.29 is 0 Å². The molecule has 0 saturated carbocycles. The molecule has 0 atom stereocenters. The van der Waals surface area contributed by atoms with Gasteiger partial charge >= 0.3 is 0 Å². The van der Waals surface area contributed by atoms with Gasteiger partial charge in [0.1, 0.15) is 0 Å². The van der Waals surface area contributed by atoms with Gasteiger partial charge in [-0.1, -0.05) is 6.07 Å². The van der Waals surface area contributed by atoms with Gasteiger partial charge in [0.25, 0.3) is 0 Å². The first-order chi connectivity index (χ1) is 3.93. The predicted molar refractivity (Wildman–Crippen MR) is 31.0 cm³/mol. The standard InChI is InChI=1S/C6H7N2/c7-5-6-3-1-2-4-8-6/h1-2,4H,5,7H2. The lowest BCUT2D eigenvalue weighted by molar-refractivity contribution is 0.987. The highest BCUT2D eigenvalue weighted by atomic mass is 14.7. The van der Waals surface area contributed by atoms with E-state index in [0.29, 0.717) is 6.54 Å². The Balaban J connectivity index is 2.83. The SMILES string of the molecule is NCc1[c]cccn1. The van der Waals surface area contributed by atoms with E-state index in [1.807, 2.05) is 6.07 Å². The van der Waals surface area contributed by atoms with E-state index in [1.165, 1.54) is 0 Å². The molecule has 2 N–H and O–H groups in total. The first-order valence-electron chi connectivity index (χ1n) is 2.45. The molecular formula is C6H7N2. The molecule has 0 aromatic carbocycles. The molecule has 0 saturated heterocycles. The van der Waals surface area contributed by atoms with Crippen molar-refractivity contribution in [3.05, 3.63) is 30.1 Å². The average molecular weight is 107 g/mol. The second kappa shape index (κ2) is 2.43. The van der Waals surface area contributed by atoms with Gasteiger partial charge in [-0.25, -0.2) is 0 Å². The minimum atomic E-state index is 0.473. The van der Waals surface area contributed by atoms with Crippen molar-refractivity contribution in [2.75, 3.05) is 0 Å². The molecule has 1 aromatic heterocycles. The monoisotopic (exact) mass is 107 g/mol. The summed E-state index contributed by atoms with van der Waals surface area (Å²) in [5.41, 5.74) is 6.07. The maximum absolute atomic E-state index is 5.26. The highest BCUT2D eigenvalue weighted by Gasteiger charge is 1.82. The van der Waals surface area contributed by atoms with E-state index in [2.05, 4.69) is 11.1 Å². The van der Waals surface area contributed by atoms with Gasteiger partial charge in [0.05, 0.1) is 5.69 Å².